The van der Waals surface area contributed by atoms with E-state index in [1.165, 1.54) is 0 Å². The van der Waals surface area contributed by atoms with Gasteiger partial charge in [-0.05, 0) is 13.0 Å². The third-order valence-electron chi connectivity index (χ3n) is 2.93. The van der Waals surface area contributed by atoms with Crippen molar-refractivity contribution in [1.82, 2.24) is 24.9 Å². The molecule has 3 heterocycles. The highest BCUT2D eigenvalue weighted by molar-refractivity contribution is 5.76. The third-order valence-corrected chi connectivity index (χ3v) is 2.93. The molecule has 0 aliphatic rings. The fourth-order valence-corrected chi connectivity index (χ4v) is 1.93. The molecule has 3 rings (SSSR count). The number of ether oxygens (including phenoxy) is 1. The number of nitrogens with one attached hydrogen (secondary N) is 1. The molecule has 0 aliphatic heterocycles. The first-order valence-corrected chi connectivity index (χ1v) is 6.66. The van der Waals surface area contributed by atoms with Crippen molar-refractivity contribution in [3.63, 3.8) is 0 Å². The second-order valence-electron chi connectivity index (χ2n) is 4.70. The largest absolute Gasteiger partial charge is 0.478 e. The Bertz CT molecular complexity index is 767. The predicted molar refractivity (Wildman–Crippen MR) is 80.4 cm³/mol. The number of aromatic amines is 1. The Hall–Kier alpha value is -2.70. The second-order valence-corrected chi connectivity index (χ2v) is 4.70. The van der Waals surface area contributed by atoms with Crippen molar-refractivity contribution >= 4 is 17.1 Å². The Balaban J connectivity index is 2.02. The minimum atomic E-state index is 0.578. The molecular formula is C14H16N6O. The van der Waals surface area contributed by atoms with Gasteiger partial charge in [0.25, 0.3) is 0 Å². The highest BCUT2D eigenvalue weighted by Crippen LogP contribution is 2.22. The molecule has 0 saturated carbocycles. The van der Waals surface area contributed by atoms with E-state index in [4.69, 9.17) is 4.74 Å². The maximum atomic E-state index is 5.41. The van der Waals surface area contributed by atoms with Crippen molar-refractivity contribution in [2.24, 2.45) is 0 Å². The molecule has 0 spiro atoms. The number of aromatic nitrogens is 5. The lowest BCUT2D eigenvalue weighted by Crippen LogP contribution is -2.12. The predicted octanol–water partition coefficient (Wildman–Crippen LogP) is 1.88. The molecule has 0 aromatic carbocycles. The average Bonchev–Trinajstić information content (AvgIpc) is 2.91. The Labute approximate surface area is 122 Å². The maximum absolute atomic E-state index is 5.41. The van der Waals surface area contributed by atoms with Crippen LogP contribution in [0.25, 0.3) is 22.6 Å². The molecule has 3 aromatic heterocycles. The molecule has 0 atom stereocenters. The van der Waals surface area contributed by atoms with E-state index < -0.39 is 0 Å². The zero-order valence-electron chi connectivity index (χ0n) is 12.2. The van der Waals surface area contributed by atoms with E-state index >= 15 is 0 Å². The average molecular weight is 284 g/mol. The van der Waals surface area contributed by atoms with Crippen LogP contribution in [0.5, 0.6) is 5.88 Å². The van der Waals surface area contributed by atoms with Crippen molar-refractivity contribution < 1.29 is 4.74 Å². The molecule has 3 aromatic rings. The zero-order chi connectivity index (χ0) is 14.8. The molecule has 0 saturated heterocycles. The summed E-state index contributed by atoms with van der Waals surface area (Å²) in [6, 6.07) is 3.72. The molecule has 7 heteroatoms. The zero-order valence-corrected chi connectivity index (χ0v) is 12.2. The van der Waals surface area contributed by atoms with Crippen LogP contribution in [0.2, 0.25) is 0 Å². The van der Waals surface area contributed by atoms with Crippen LogP contribution in [-0.4, -0.2) is 45.6 Å². The summed E-state index contributed by atoms with van der Waals surface area (Å²) < 4.78 is 5.41. The van der Waals surface area contributed by atoms with E-state index in [0.717, 1.165) is 16.9 Å². The summed E-state index contributed by atoms with van der Waals surface area (Å²) in [6.07, 6.45) is 3.43. The van der Waals surface area contributed by atoms with Crippen molar-refractivity contribution in [2.45, 2.75) is 6.92 Å². The summed E-state index contributed by atoms with van der Waals surface area (Å²) in [7, 11) is 3.79. The molecule has 108 valence electrons. The third kappa shape index (κ3) is 2.62. The van der Waals surface area contributed by atoms with Crippen LogP contribution >= 0.6 is 0 Å². The van der Waals surface area contributed by atoms with Gasteiger partial charge in [0.2, 0.25) is 11.8 Å². The number of H-pyrrole nitrogens is 1. The minimum absolute atomic E-state index is 0.578. The van der Waals surface area contributed by atoms with Crippen molar-refractivity contribution in [1.29, 1.82) is 0 Å². The number of anilines is 1. The van der Waals surface area contributed by atoms with Crippen molar-refractivity contribution in [3.8, 4) is 17.3 Å². The summed E-state index contributed by atoms with van der Waals surface area (Å²) in [5.74, 6) is 1.93. The van der Waals surface area contributed by atoms with Gasteiger partial charge in [0, 0.05) is 31.9 Å². The summed E-state index contributed by atoms with van der Waals surface area (Å²) in [5, 5.41) is 0. The molecule has 0 radical (unpaired) electrons. The normalized spacial score (nSPS) is 10.8. The van der Waals surface area contributed by atoms with E-state index in [9.17, 15) is 0 Å². The van der Waals surface area contributed by atoms with Crippen LogP contribution in [0.15, 0.2) is 24.5 Å². The monoisotopic (exact) mass is 284 g/mol. The Kier molecular flexibility index (Phi) is 3.39. The fourth-order valence-electron chi connectivity index (χ4n) is 1.93. The van der Waals surface area contributed by atoms with Crippen LogP contribution in [0, 0.1) is 0 Å². The van der Waals surface area contributed by atoms with E-state index in [1.54, 1.807) is 12.4 Å². The number of hydrogen-bond acceptors (Lipinski definition) is 6. The Morgan fingerprint density at radius 2 is 2.10 bits per heavy atom. The van der Waals surface area contributed by atoms with Crippen LogP contribution < -0.4 is 9.64 Å². The number of imidazole rings is 1. The molecule has 0 bridgehead atoms. The first kappa shape index (κ1) is 13.3. The molecule has 0 aliphatic carbocycles. The number of nitrogens with zero attached hydrogens (tertiary/aromatic N) is 5. The van der Waals surface area contributed by atoms with Gasteiger partial charge in [-0.25, -0.2) is 15.0 Å². The molecule has 0 unspecified atom stereocenters. The number of pyridine rings is 1. The van der Waals surface area contributed by atoms with Gasteiger partial charge in [0.05, 0.1) is 12.8 Å². The summed E-state index contributed by atoms with van der Waals surface area (Å²) >= 11 is 0. The fraction of sp³-hybridized carbons (Fsp3) is 0.286. The molecule has 7 nitrogen and oxygen atoms in total. The lowest BCUT2D eigenvalue weighted by molar-refractivity contribution is 0.327. The lowest BCUT2D eigenvalue weighted by Gasteiger charge is -2.07. The highest BCUT2D eigenvalue weighted by atomic mass is 16.5. The van der Waals surface area contributed by atoms with Crippen molar-refractivity contribution in [2.75, 3.05) is 25.6 Å². The summed E-state index contributed by atoms with van der Waals surface area (Å²) in [6.45, 7) is 2.50. The quantitative estimate of drug-likeness (QED) is 0.788. The highest BCUT2D eigenvalue weighted by Gasteiger charge is 2.10. The van der Waals surface area contributed by atoms with Gasteiger partial charge in [0.1, 0.15) is 11.3 Å². The minimum Gasteiger partial charge on any atom is -0.478 e. The van der Waals surface area contributed by atoms with Gasteiger partial charge in [-0.2, -0.15) is 4.98 Å². The van der Waals surface area contributed by atoms with E-state index in [1.807, 2.05) is 38.1 Å². The van der Waals surface area contributed by atoms with Crippen LogP contribution in [0.1, 0.15) is 6.92 Å². The topological polar surface area (TPSA) is 79.8 Å². The van der Waals surface area contributed by atoms with E-state index in [0.29, 0.717) is 24.1 Å². The number of fused-ring (bicyclic) bond motifs is 1. The summed E-state index contributed by atoms with van der Waals surface area (Å²) in [4.78, 5) is 22.4. The lowest BCUT2D eigenvalue weighted by atomic mass is 10.2. The standard InChI is InChI=1S/C14H16N6O/c1-4-21-11-7-9(5-6-15-11)12-17-10-8-16-14(20(2)3)19-13(10)18-12/h5-8H,4H2,1-3H3,(H,16,17,18,19). The SMILES string of the molecule is CCOc1cc(-c2nc3nc(N(C)C)ncc3[nH]2)ccn1. The molecule has 1 N–H and O–H groups in total. The van der Waals surface area contributed by atoms with Crippen LogP contribution in [0.3, 0.4) is 0 Å². The van der Waals surface area contributed by atoms with E-state index in [-0.39, 0.29) is 0 Å². The first-order valence-electron chi connectivity index (χ1n) is 6.66. The molecule has 0 fully saturated rings. The van der Waals surface area contributed by atoms with Crippen LogP contribution in [-0.2, 0) is 0 Å². The second kappa shape index (κ2) is 5.35. The van der Waals surface area contributed by atoms with Gasteiger partial charge in [-0.1, -0.05) is 0 Å². The van der Waals surface area contributed by atoms with Gasteiger partial charge < -0.3 is 14.6 Å². The van der Waals surface area contributed by atoms with Gasteiger partial charge in [0.15, 0.2) is 5.65 Å². The Morgan fingerprint density at radius 3 is 2.86 bits per heavy atom. The van der Waals surface area contributed by atoms with Crippen LogP contribution in [0.4, 0.5) is 5.95 Å². The van der Waals surface area contributed by atoms with E-state index in [2.05, 4.69) is 24.9 Å². The van der Waals surface area contributed by atoms with Gasteiger partial charge in [-0.15, -0.1) is 0 Å². The summed E-state index contributed by atoms with van der Waals surface area (Å²) in [5.41, 5.74) is 2.33. The number of hydrogen-bond donors (Lipinski definition) is 1. The van der Waals surface area contributed by atoms with Gasteiger partial charge in [-0.3, -0.25) is 0 Å². The Morgan fingerprint density at radius 1 is 1.24 bits per heavy atom. The van der Waals surface area contributed by atoms with Gasteiger partial charge >= 0.3 is 0 Å². The number of rotatable bonds is 4. The molecule has 0 amide bonds. The maximum Gasteiger partial charge on any atom is 0.226 e. The molecular weight excluding hydrogens is 268 g/mol. The molecule has 21 heavy (non-hydrogen) atoms. The smallest absolute Gasteiger partial charge is 0.226 e. The van der Waals surface area contributed by atoms with Crippen molar-refractivity contribution in [3.05, 3.63) is 24.5 Å². The first-order chi connectivity index (χ1) is 10.2.